The van der Waals surface area contributed by atoms with E-state index in [1.165, 1.54) is 40.7 Å². The molecule has 0 heterocycles. The second kappa shape index (κ2) is 11.4. The molecule has 184 valence electrons. The number of benzene rings is 2. The van der Waals surface area contributed by atoms with Crippen molar-refractivity contribution < 1.29 is 22.9 Å². The molecule has 0 aliphatic rings. The summed E-state index contributed by atoms with van der Waals surface area (Å²) >= 11 is 5.79. The summed E-state index contributed by atoms with van der Waals surface area (Å²) < 4.78 is 26.5. The Labute approximate surface area is 203 Å². The largest absolute Gasteiger partial charge is 0.340 e. The van der Waals surface area contributed by atoms with Crippen LogP contribution in [-0.4, -0.2) is 48.6 Å². The van der Waals surface area contributed by atoms with Gasteiger partial charge in [0.05, 0.1) is 9.82 Å². The van der Waals surface area contributed by atoms with Gasteiger partial charge in [0, 0.05) is 30.4 Å². The van der Waals surface area contributed by atoms with Crippen LogP contribution in [0.25, 0.3) is 0 Å². The normalized spacial score (nSPS) is 12.4. The van der Waals surface area contributed by atoms with Crippen molar-refractivity contribution in [1.82, 2.24) is 9.62 Å². The van der Waals surface area contributed by atoms with Gasteiger partial charge in [-0.2, -0.15) is 4.31 Å². The Hall–Kier alpha value is -3.02. The summed E-state index contributed by atoms with van der Waals surface area (Å²) in [5, 5.41) is 16.2. The third-order valence-electron chi connectivity index (χ3n) is 5.11. The highest BCUT2D eigenvalue weighted by molar-refractivity contribution is 7.89. The van der Waals surface area contributed by atoms with Gasteiger partial charge in [0.15, 0.2) is 0 Å². The summed E-state index contributed by atoms with van der Waals surface area (Å²) in [6, 6.07) is 8.40. The first-order chi connectivity index (χ1) is 15.9. The number of carbonyl (C=O) groups excluding carboxylic acids is 2. The third-order valence-corrected chi connectivity index (χ3v) is 7.49. The summed E-state index contributed by atoms with van der Waals surface area (Å²) in [5.41, 5.74) is -0.0781. The average molecular weight is 511 g/mol. The highest BCUT2D eigenvalue weighted by Crippen LogP contribution is 2.25. The first kappa shape index (κ1) is 27.2. The smallest absolute Gasteiger partial charge is 0.288 e. The van der Waals surface area contributed by atoms with E-state index in [0.717, 1.165) is 6.07 Å². The second-order valence-electron chi connectivity index (χ2n) is 7.72. The molecule has 0 saturated carbocycles. The van der Waals surface area contributed by atoms with E-state index in [1.807, 2.05) is 0 Å². The molecule has 12 heteroatoms. The Morgan fingerprint density at radius 3 is 2.18 bits per heavy atom. The van der Waals surface area contributed by atoms with Gasteiger partial charge in [-0.05, 0) is 42.3 Å². The molecule has 0 radical (unpaired) electrons. The van der Waals surface area contributed by atoms with Crippen LogP contribution in [0.3, 0.4) is 0 Å². The molecular weight excluding hydrogens is 484 g/mol. The molecule has 2 amide bonds. The topological polar surface area (TPSA) is 139 Å². The highest BCUT2D eigenvalue weighted by Gasteiger charge is 2.26. The Kier molecular flexibility index (Phi) is 9.14. The van der Waals surface area contributed by atoms with Crippen LogP contribution >= 0.6 is 11.6 Å². The lowest BCUT2D eigenvalue weighted by Crippen LogP contribution is -2.47. The number of rotatable bonds is 10. The van der Waals surface area contributed by atoms with E-state index >= 15 is 0 Å². The SMILES string of the molecule is CCN(CC)S(=O)(=O)c1ccc(NC(=O)[C@@H](NC(=O)c2ccc(Cl)c([N+](=O)[O-])c2)C(C)C)cc1. The number of nitrogens with zero attached hydrogens (tertiary/aromatic N) is 2. The maximum atomic E-state index is 12.9. The van der Waals surface area contributed by atoms with Crippen LogP contribution < -0.4 is 10.6 Å². The predicted molar refractivity (Wildman–Crippen MR) is 129 cm³/mol. The number of nitro benzene ring substituents is 1. The molecule has 10 nitrogen and oxygen atoms in total. The van der Waals surface area contributed by atoms with E-state index in [1.54, 1.807) is 27.7 Å². The minimum absolute atomic E-state index is 0.0134. The lowest BCUT2D eigenvalue weighted by Gasteiger charge is -2.22. The van der Waals surface area contributed by atoms with Crippen LogP contribution in [0.5, 0.6) is 0 Å². The molecule has 0 spiro atoms. The van der Waals surface area contributed by atoms with Gasteiger partial charge in [0.25, 0.3) is 11.6 Å². The molecule has 0 unspecified atom stereocenters. The molecule has 2 aromatic carbocycles. The number of halogens is 1. The molecule has 1 atom stereocenters. The quantitative estimate of drug-likeness (QED) is 0.369. The summed E-state index contributed by atoms with van der Waals surface area (Å²) in [5.74, 6) is -1.51. The van der Waals surface area contributed by atoms with Crippen molar-refractivity contribution in [1.29, 1.82) is 0 Å². The van der Waals surface area contributed by atoms with Crippen molar-refractivity contribution in [2.75, 3.05) is 18.4 Å². The zero-order valence-corrected chi connectivity index (χ0v) is 20.8. The summed E-state index contributed by atoms with van der Waals surface area (Å²) in [4.78, 5) is 36.0. The van der Waals surface area contributed by atoms with E-state index in [-0.39, 0.29) is 21.4 Å². The van der Waals surface area contributed by atoms with E-state index in [9.17, 15) is 28.1 Å². The Morgan fingerprint density at radius 1 is 1.09 bits per heavy atom. The Morgan fingerprint density at radius 2 is 1.68 bits per heavy atom. The van der Waals surface area contributed by atoms with E-state index in [2.05, 4.69) is 10.6 Å². The third kappa shape index (κ3) is 6.31. The molecular formula is C22H27ClN4O6S. The summed E-state index contributed by atoms with van der Waals surface area (Å²) in [6.07, 6.45) is 0. The number of hydrogen-bond acceptors (Lipinski definition) is 6. The molecule has 0 fully saturated rings. The molecule has 0 aliphatic carbocycles. The van der Waals surface area contributed by atoms with Crippen LogP contribution in [0.2, 0.25) is 5.02 Å². The number of hydrogen-bond donors (Lipinski definition) is 2. The molecule has 2 N–H and O–H groups in total. The Balaban J connectivity index is 2.17. The predicted octanol–water partition coefficient (Wildman–Crippen LogP) is 3.67. The lowest BCUT2D eigenvalue weighted by molar-refractivity contribution is -0.384. The molecule has 0 aromatic heterocycles. The number of anilines is 1. The van der Waals surface area contributed by atoms with Gasteiger partial charge < -0.3 is 10.6 Å². The second-order valence-corrected chi connectivity index (χ2v) is 10.1. The molecule has 34 heavy (non-hydrogen) atoms. The number of carbonyl (C=O) groups is 2. The van der Waals surface area contributed by atoms with Gasteiger partial charge >= 0.3 is 0 Å². The minimum atomic E-state index is -3.63. The molecule has 2 rings (SSSR count). The summed E-state index contributed by atoms with van der Waals surface area (Å²) in [6.45, 7) is 7.63. The van der Waals surface area contributed by atoms with E-state index < -0.39 is 38.5 Å². The van der Waals surface area contributed by atoms with Gasteiger partial charge in [0.1, 0.15) is 11.1 Å². The lowest BCUT2D eigenvalue weighted by atomic mass is 10.0. The number of amides is 2. The fraction of sp³-hybridized carbons (Fsp3) is 0.364. The standard InChI is InChI=1S/C22H27ClN4O6S/c1-5-26(6-2)34(32,33)17-10-8-16(9-11-17)24-22(29)20(14(3)4)25-21(28)15-7-12-18(23)19(13-15)27(30)31/h7-14,20H,5-6H2,1-4H3,(H,24,29)(H,25,28)/t20-/m0/s1. The van der Waals surface area contributed by atoms with Crippen LogP contribution in [0.15, 0.2) is 47.4 Å². The highest BCUT2D eigenvalue weighted by atomic mass is 35.5. The molecule has 0 bridgehead atoms. The van der Waals surface area contributed by atoms with Crippen LogP contribution in [0, 0.1) is 16.0 Å². The maximum absolute atomic E-state index is 12.9. The van der Waals surface area contributed by atoms with Gasteiger partial charge in [-0.25, -0.2) is 8.42 Å². The first-order valence-electron chi connectivity index (χ1n) is 10.6. The number of nitrogens with one attached hydrogen (secondary N) is 2. The monoisotopic (exact) mass is 510 g/mol. The summed E-state index contributed by atoms with van der Waals surface area (Å²) in [7, 11) is -3.63. The van der Waals surface area contributed by atoms with Crippen molar-refractivity contribution in [3.63, 3.8) is 0 Å². The molecule has 0 saturated heterocycles. The number of sulfonamides is 1. The maximum Gasteiger partial charge on any atom is 0.288 e. The van der Waals surface area contributed by atoms with Crippen molar-refractivity contribution in [2.24, 2.45) is 5.92 Å². The average Bonchev–Trinajstić information content (AvgIpc) is 2.78. The van der Waals surface area contributed by atoms with Crippen LogP contribution in [-0.2, 0) is 14.8 Å². The Bertz CT molecular complexity index is 1160. The van der Waals surface area contributed by atoms with Crippen molar-refractivity contribution in [2.45, 2.75) is 38.6 Å². The fourth-order valence-corrected chi connectivity index (χ4v) is 4.84. The molecule has 0 aliphatic heterocycles. The van der Waals surface area contributed by atoms with Gasteiger partial charge in [-0.1, -0.05) is 39.3 Å². The van der Waals surface area contributed by atoms with E-state index in [4.69, 9.17) is 11.6 Å². The van der Waals surface area contributed by atoms with Crippen molar-refractivity contribution in [3.05, 3.63) is 63.2 Å². The first-order valence-corrected chi connectivity index (χ1v) is 12.4. The van der Waals surface area contributed by atoms with Gasteiger partial charge in [-0.15, -0.1) is 0 Å². The van der Waals surface area contributed by atoms with Gasteiger partial charge in [0.2, 0.25) is 15.9 Å². The van der Waals surface area contributed by atoms with Crippen molar-refractivity contribution in [3.8, 4) is 0 Å². The number of nitro groups is 1. The fourth-order valence-electron chi connectivity index (χ4n) is 3.20. The van der Waals surface area contributed by atoms with Crippen LogP contribution in [0.1, 0.15) is 38.1 Å². The van der Waals surface area contributed by atoms with Crippen LogP contribution in [0.4, 0.5) is 11.4 Å². The zero-order valence-electron chi connectivity index (χ0n) is 19.2. The minimum Gasteiger partial charge on any atom is -0.340 e. The zero-order chi connectivity index (χ0) is 25.6. The van der Waals surface area contributed by atoms with Gasteiger partial charge in [-0.3, -0.25) is 19.7 Å². The van der Waals surface area contributed by atoms with E-state index in [0.29, 0.717) is 18.8 Å². The van der Waals surface area contributed by atoms with Crippen molar-refractivity contribution >= 4 is 44.8 Å². The molecule has 2 aromatic rings.